The number of carbonyl (C=O) groups excluding carboxylic acids is 1. The third-order valence-electron chi connectivity index (χ3n) is 3.86. The first kappa shape index (κ1) is 11.8. The second-order valence-electron chi connectivity index (χ2n) is 5.04. The second kappa shape index (κ2) is 6.79. The van der Waals surface area contributed by atoms with Crippen molar-refractivity contribution in [3.05, 3.63) is 33.7 Å². The first-order valence-corrected chi connectivity index (χ1v) is 7.46. The standard InChI is InChI=1S/C15H20Cl2N2O/c1-18-13-5-3-4-6-14(13)19(2)15(20)10-7-8-11(16)12(17)9-10/h7-9,13-14,18H,3-6H2,1-2H3/t13-,14-/m1/s1/i7D,8D,9D. The second-order valence-corrected chi connectivity index (χ2v) is 5.80. The maximum absolute atomic E-state index is 12.8. The van der Waals surface area contributed by atoms with Crippen molar-refractivity contribution in [3.63, 3.8) is 0 Å². The summed E-state index contributed by atoms with van der Waals surface area (Å²) in [5.74, 6) is -0.459. The molecule has 1 aromatic carbocycles. The van der Waals surface area contributed by atoms with E-state index in [0.717, 1.165) is 25.7 Å². The minimum absolute atomic E-state index is 0.0105. The van der Waals surface area contributed by atoms with Crippen LogP contribution in [-0.2, 0) is 0 Å². The zero-order chi connectivity index (χ0) is 17.3. The molecule has 20 heavy (non-hydrogen) atoms. The molecule has 0 spiro atoms. The summed E-state index contributed by atoms with van der Waals surface area (Å²) in [5.41, 5.74) is -0.160. The molecule has 1 amide bonds. The van der Waals surface area contributed by atoms with Crippen molar-refractivity contribution in [2.24, 2.45) is 0 Å². The van der Waals surface area contributed by atoms with E-state index >= 15 is 0 Å². The molecule has 1 aromatic rings. The van der Waals surface area contributed by atoms with Crippen molar-refractivity contribution in [1.82, 2.24) is 10.2 Å². The van der Waals surface area contributed by atoms with Crippen molar-refractivity contribution in [2.45, 2.75) is 37.8 Å². The molecule has 1 aliphatic rings. The van der Waals surface area contributed by atoms with Crippen molar-refractivity contribution in [2.75, 3.05) is 14.1 Å². The van der Waals surface area contributed by atoms with Crippen molar-refractivity contribution in [1.29, 1.82) is 0 Å². The Balaban J connectivity index is 2.40. The van der Waals surface area contributed by atoms with E-state index in [4.69, 9.17) is 27.3 Å². The van der Waals surface area contributed by atoms with Crippen LogP contribution in [0.1, 0.15) is 40.2 Å². The normalized spacial score (nSPS) is 24.7. The zero-order valence-electron chi connectivity index (χ0n) is 14.6. The average Bonchev–Trinajstić information content (AvgIpc) is 2.57. The predicted molar refractivity (Wildman–Crippen MR) is 83.7 cm³/mol. The number of hydrogen-bond acceptors (Lipinski definition) is 2. The van der Waals surface area contributed by atoms with Crippen LogP contribution < -0.4 is 5.32 Å². The number of halogens is 2. The Kier molecular flexibility index (Phi) is 4.02. The van der Waals surface area contributed by atoms with Gasteiger partial charge in [0.15, 0.2) is 0 Å². The van der Waals surface area contributed by atoms with E-state index in [1.165, 1.54) is 0 Å². The summed E-state index contributed by atoms with van der Waals surface area (Å²) in [4.78, 5) is 14.4. The fraction of sp³-hybridized carbons (Fsp3) is 0.533. The predicted octanol–water partition coefficient (Wildman–Crippen LogP) is 3.60. The van der Waals surface area contributed by atoms with Crippen LogP contribution in [0.5, 0.6) is 0 Å². The molecule has 0 saturated heterocycles. The van der Waals surface area contributed by atoms with Gasteiger partial charge in [-0.1, -0.05) is 36.0 Å². The quantitative estimate of drug-likeness (QED) is 0.923. The van der Waals surface area contributed by atoms with Gasteiger partial charge >= 0.3 is 0 Å². The molecule has 0 aliphatic heterocycles. The van der Waals surface area contributed by atoms with Crippen LogP contribution in [0, 0.1) is 0 Å². The van der Waals surface area contributed by atoms with E-state index in [0.29, 0.717) is 0 Å². The topological polar surface area (TPSA) is 32.3 Å². The van der Waals surface area contributed by atoms with Crippen LogP contribution in [0.3, 0.4) is 0 Å². The number of carbonyl (C=O) groups is 1. The van der Waals surface area contributed by atoms with Crippen LogP contribution in [0.2, 0.25) is 10.0 Å². The van der Waals surface area contributed by atoms with Gasteiger partial charge < -0.3 is 10.2 Å². The Morgan fingerprint density at radius 3 is 2.75 bits per heavy atom. The molecule has 1 fully saturated rings. The highest BCUT2D eigenvalue weighted by Crippen LogP contribution is 2.26. The third kappa shape index (κ3) is 3.27. The van der Waals surface area contributed by atoms with Crippen LogP contribution in [0.15, 0.2) is 18.1 Å². The highest BCUT2D eigenvalue weighted by atomic mass is 35.5. The number of hydrogen-bond donors (Lipinski definition) is 1. The van der Waals surface area contributed by atoms with Gasteiger partial charge in [0.2, 0.25) is 0 Å². The molecule has 0 radical (unpaired) electrons. The monoisotopic (exact) mass is 317 g/mol. The molecular weight excluding hydrogens is 295 g/mol. The number of nitrogens with one attached hydrogen (secondary N) is 1. The SMILES string of the molecule is [2H]c1c([2H])c(C(=O)N(C)[C@@H]2CCCC[C@H]2NC)c([2H])c(Cl)c1Cl. The fourth-order valence-corrected chi connectivity index (χ4v) is 2.95. The summed E-state index contributed by atoms with van der Waals surface area (Å²) in [7, 11) is 3.54. The Morgan fingerprint density at radius 2 is 2.05 bits per heavy atom. The summed E-state index contributed by atoms with van der Waals surface area (Å²) >= 11 is 11.8. The third-order valence-corrected chi connectivity index (χ3v) is 4.52. The van der Waals surface area contributed by atoms with Crippen LogP contribution in [-0.4, -0.2) is 37.0 Å². The summed E-state index contributed by atoms with van der Waals surface area (Å²) in [6.07, 6.45) is 3.99. The molecule has 0 aromatic heterocycles. The molecule has 0 bridgehead atoms. The molecule has 0 heterocycles. The lowest BCUT2D eigenvalue weighted by molar-refractivity contribution is 0.0655. The molecule has 110 valence electrons. The number of benzene rings is 1. The molecule has 0 unspecified atom stereocenters. The van der Waals surface area contributed by atoms with Gasteiger partial charge in [-0.2, -0.15) is 0 Å². The largest absolute Gasteiger partial charge is 0.337 e. The van der Waals surface area contributed by atoms with E-state index in [-0.39, 0.29) is 45.8 Å². The van der Waals surface area contributed by atoms with Gasteiger partial charge in [0, 0.05) is 24.7 Å². The van der Waals surface area contributed by atoms with Crippen molar-refractivity contribution < 1.29 is 8.91 Å². The van der Waals surface area contributed by atoms with E-state index < -0.39 is 5.91 Å². The van der Waals surface area contributed by atoms with Gasteiger partial charge in [0.1, 0.15) is 0 Å². The minimum atomic E-state index is -0.459. The molecule has 1 N–H and O–H groups in total. The lowest BCUT2D eigenvalue weighted by atomic mass is 9.89. The van der Waals surface area contributed by atoms with E-state index in [9.17, 15) is 4.79 Å². The molecule has 3 nitrogen and oxygen atoms in total. The molecule has 5 heteroatoms. The van der Waals surface area contributed by atoms with E-state index in [1.807, 2.05) is 7.05 Å². The first-order chi connectivity index (χ1) is 10.8. The van der Waals surface area contributed by atoms with Crippen LogP contribution >= 0.6 is 23.2 Å². The fourth-order valence-electron chi connectivity index (χ4n) is 2.71. The summed E-state index contributed by atoms with van der Waals surface area (Å²) in [6, 6.07) is -0.786. The van der Waals surface area contributed by atoms with E-state index in [2.05, 4.69) is 5.32 Å². The van der Waals surface area contributed by atoms with E-state index in [1.54, 1.807) is 11.9 Å². The summed E-state index contributed by atoms with van der Waals surface area (Å²) in [5, 5.41) is 2.92. The van der Waals surface area contributed by atoms with Crippen molar-refractivity contribution >= 4 is 29.1 Å². The van der Waals surface area contributed by atoms with Crippen LogP contribution in [0.4, 0.5) is 0 Å². The smallest absolute Gasteiger partial charge is 0.253 e. The van der Waals surface area contributed by atoms with Gasteiger partial charge in [-0.05, 0) is 38.0 Å². The highest BCUT2D eigenvalue weighted by molar-refractivity contribution is 6.42. The van der Waals surface area contributed by atoms with Gasteiger partial charge in [-0.15, -0.1) is 0 Å². The molecule has 1 aliphatic carbocycles. The minimum Gasteiger partial charge on any atom is -0.337 e. The van der Waals surface area contributed by atoms with Gasteiger partial charge in [-0.25, -0.2) is 0 Å². The van der Waals surface area contributed by atoms with Gasteiger partial charge in [0.05, 0.1) is 14.2 Å². The number of nitrogens with zero attached hydrogens (tertiary/aromatic N) is 1. The number of amides is 1. The molecule has 1 saturated carbocycles. The number of rotatable bonds is 3. The van der Waals surface area contributed by atoms with Gasteiger partial charge in [-0.3, -0.25) is 4.79 Å². The Labute approximate surface area is 134 Å². The van der Waals surface area contributed by atoms with Crippen LogP contribution in [0.25, 0.3) is 0 Å². The Morgan fingerprint density at radius 1 is 1.35 bits per heavy atom. The maximum Gasteiger partial charge on any atom is 0.253 e. The molecule has 2 atom stereocenters. The lowest BCUT2D eigenvalue weighted by Gasteiger charge is -2.38. The zero-order valence-corrected chi connectivity index (χ0v) is 13.1. The first-order valence-electron chi connectivity index (χ1n) is 8.20. The molecule has 2 rings (SSSR count). The van der Waals surface area contributed by atoms with Gasteiger partial charge in [0.25, 0.3) is 5.91 Å². The molecular formula is C15H20Cl2N2O. The maximum atomic E-state index is 12.8. The summed E-state index contributed by atoms with van der Waals surface area (Å²) < 4.78 is 23.8. The lowest BCUT2D eigenvalue weighted by Crippen LogP contribution is -2.51. The average molecular weight is 318 g/mol. The highest BCUT2D eigenvalue weighted by Gasteiger charge is 2.30. The van der Waals surface area contributed by atoms with Crippen molar-refractivity contribution in [3.8, 4) is 0 Å². The Hall–Kier alpha value is -0.770. The number of likely N-dealkylation sites (N-methyl/N-ethyl adjacent to an activating group) is 2. The summed E-state index contributed by atoms with van der Waals surface area (Å²) in [6.45, 7) is 0. The Bertz CT molecular complexity index is 598.